The molecular weight excluding hydrogens is 444 g/mol. The molecule has 9 nitrogen and oxygen atoms in total. The number of amides is 1. The van der Waals surface area contributed by atoms with Gasteiger partial charge in [-0.05, 0) is 68.2 Å². The predicted octanol–water partition coefficient (Wildman–Crippen LogP) is 3.00. The molecule has 1 aromatic carbocycles. The molecule has 2 aromatic rings. The van der Waals surface area contributed by atoms with Crippen molar-refractivity contribution in [2.75, 3.05) is 25.9 Å². The van der Waals surface area contributed by atoms with Gasteiger partial charge in [-0.25, -0.2) is 13.2 Å². The zero-order chi connectivity index (χ0) is 23.2. The number of hydrogen-bond donors (Lipinski definition) is 0. The number of benzene rings is 1. The number of rotatable bonds is 5. The van der Waals surface area contributed by atoms with Crippen LogP contribution >= 0.6 is 0 Å². The summed E-state index contributed by atoms with van der Waals surface area (Å²) in [6.07, 6.45) is 6.14. The van der Waals surface area contributed by atoms with Crippen molar-refractivity contribution in [3.63, 3.8) is 0 Å². The first-order valence-electron chi connectivity index (χ1n) is 11.6. The van der Waals surface area contributed by atoms with Crippen molar-refractivity contribution >= 4 is 16.1 Å². The summed E-state index contributed by atoms with van der Waals surface area (Å²) in [4.78, 5) is 18.7. The number of sulfonamides is 1. The van der Waals surface area contributed by atoms with E-state index in [9.17, 15) is 13.2 Å². The molecule has 1 saturated heterocycles. The quantitative estimate of drug-likeness (QED) is 0.656. The maximum atomic E-state index is 12.3. The van der Waals surface area contributed by atoms with Crippen molar-refractivity contribution in [3.8, 4) is 11.5 Å². The third kappa shape index (κ3) is 5.06. The van der Waals surface area contributed by atoms with E-state index >= 15 is 0 Å². The number of aromatic nitrogens is 2. The number of carbonyl (C=O) groups is 1. The molecule has 3 aliphatic rings. The predicted molar refractivity (Wildman–Crippen MR) is 121 cm³/mol. The topological polar surface area (TPSA) is 106 Å². The number of piperidine rings is 1. The summed E-state index contributed by atoms with van der Waals surface area (Å²) >= 11 is 0. The van der Waals surface area contributed by atoms with E-state index in [1.54, 1.807) is 4.90 Å². The smallest absolute Gasteiger partial charge is 0.410 e. The Hall–Kier alpha value is -2.46. The summed E-state index contributed by atoms with van der Waals surface area (Å²) in [6.45, 7) is 4.25. The van der Waals surface area contributed by atoms with Crippen LogP contribution in [0.1, 0.15) is 49.6 Å². The minimum Gasteiger partial charge on any atom is -0.443 e. The molecule has 0 unspecified atom stereocenters. The molecule has 3 heterocycles. The van der Waals surface area contributed by atoms with Gasteiger partial charge in [-0.2, -0.15) is 9.29 Å². The van der Waals surface area contributed by atoms with Crippen LogP contribution in [-0.4, -0.2) is 65.3 Å². The Balaban J connectivity index is 1.17. The van der Waals surface area contributed by atoms with Crippen LogP contribution in [-0.2, 0) is 34.1 Å². The summed E-state index contributed by atoms with van der Waals surface area (Å²) in [7, 11) is -3.19. The molecule has 0 spiro atoms. The molecule has 0 radical (unpaired) electrons. The number of likely N-dealkylation sites (tertiary alicyclic amines) is 1. The molecule has 1 amide bonds. The molecule has 0 N–H and O–H groups in total. The molecule has 1 aromatic heterocycles. The molecule has 0 bridgehead atoms. The van der Waals surface area contributed by atoms with Crippen LogP contribution in [0.3, 0.4) is 0 Å². The van der Waals surface area contributed by atoms with Crippen LogP contribution < -0.4 is 0 Å². The lowest BCUT2D eigenvalue weighted by atomic mass is 9.93. The van der Waals surface area contributed by atoms with Gasteiger partial charge in [-0.3, -0.25) is 0 Å². The largest absolute Gasteiger partial charge is 0.443 e. The van der Waals surface area contributed by atoms with Crippen molar-refractivity contribution in [2.45, 2.75) is 57.6 Å². The average molecular weight is 475 g/mol. The molecule has 2 fully saturated rings. The Morgan fingerprint density at radius 1 is 1.21 bits per heavy atom. The number of carbonyl (C=O) groups excluding carboxylic acids is 1. The van der Waals surface area contributed by atoms with Crippen LogP contribution in [0.25, 0.3) is 11.5 Å². The molecule has 10 heteroatoms. The minimum atomic E-state index is -3.19. The van der Waals surface area contributed by atoms with Crippen molar-refractivity contribution in [1.82, 2.24) is 19.3 Å². The fraction of sp³-hybridized carbons (Fsp3) is 0.609. The van der Waals surface area contributed by atoms with Crippen LogP contribution in [0.5, 0.6) is 0 Å². The van der Waals surface area contributed by atoms with Gasteiger partial charge in [0.2, 0.25) is 10.0 Å². The van der Waals surface area contributed by atoms with Gasteiger partial charge in [0, 0.05) is 38.2 Å². The summed E-state index contributed by atoms with van der Waals surface area (Å²) in [5.41, 5.74) is 2.74. The molecule has 178 valence electrons. The Morgan fingerprint density at radius 2 is 1.97 bits per heavy atom. The molecule has 33 heavy (non-hydrogen) atoms. The number of fused-ring (bicyclic) bond motifs is 1. The summed E-state index contributed by atoms with van der Waals surface area (Å²) in [6, 6.07) is 5.88. The monoisotopic (exact) mass is 474 g/mol. The van der Waals surface area contributed by atoms with E-state index in [1.165, 1.54) is 10.6 Å². The van der Waals surface area contributed by atoms with Gasteiger partial charge in [-0.1, -0.05) is 11.2 Å². The number of nitrogens with zero attached hydrogens (tertiary/aromatic N) is 4. The van der Waals surface area contributed by atoms with E-state index < -0.39 is 10.0 Å². The number of ether oxygens (including phenoxy) is 1. The summed E-state index contributed by atoms with van der Waals surface area (Å²) in [5.74, 6) is 1.57. The molecule has 2 aliphatic heterocycles. The average Bonchev–Trinajstić information content (AvgIpc) is 3.32. The highest BCUT2D eigenvalue weighted by Gasteiger charge is 2.43. The molecule has 1 aliphatic carbocycles. The second-order valence-electron chi connectivity index (χ2n) is 9.80. The van der Waals surface area contributed by atoms with Crippen molar-refractivity contribution in [2.24, 2.45) is 5.92 Å². The third-order valence-electron chi connectivity index (χ3n) is 7.00. The number of hydrogen-bond acceptors (Lipinski definition) is 7. The maximum Gasteiger partial charge on any atom is 0.410 e. The molecular formula is C23H30N4O5S. The highest BCUT2D eigenvalue weighted by molar-refractivity contribution is 7.88. The van der Waals surface area contributed by atoms with Crippen molar-refractivity contribution < 1.29 is 22.5 Å². The van der Waals surface area contributed by atoms with E-state index in [2.05, 4.69) is 10.1 Å². The molecule has 1 saturated carbocycles. The second-order valence-corrected chi connectivity index (χ2v) is 11.8. The van der Waals surface area contributed by atoms with Gasteiger partial charge >= 0.3 is 6.09 Å². The Bertz CT molecular complexity index is 1150. The van der Waals surface area contributed by atoms with Crippen LogP contribution in [0, 0.1) is 5.92 Å². The lowest BCUT2D eigenvalue weighted by molar-refractivity contribution is 0.0489. The highest BCUT2D eigenvalue weighted by Crippen LogP contribution is 2.39. The van der Waals surface area contributed by atoms with E-state index in [0.717, 1.165) is 48.8 Å². The fourth-order valence-electron chi connectivity index (χ4n) is 4.53. The summed E-state index contributed by atoms with van der Waals surface area (Å²) < 4.78 is 36.2. The van der Waals surface area contributed by atoms with Crippen molar-refractivity contribution in [1.29, 1.82) is 0 Å². The van der Waals surface area contributed by atoms with Crippen LogP contribution in [0.2, 0.25) is 0 Å². The Labute approximate surface area is 194 Å². The minimum absolute atomic E-state index is 0.192. The first-order chi connectivity index (χ1) is 15.7. The molecule has 0 atom stereocenters. The van der Waals surface area contributed by atoms with Gasteiger partial charge in [0.1, 0.15) is 5.60 Å². The van der Waals surface area contributed by atoms with Gasteiger partial charge in [0.15, 0.2) is 5.82 Å². The fourth-order valence-corrected chi connectivity index (χ4v) is 5.33. The van der Waals surface area contributed by atoms with Gasteiger partial charge in [0.25, 0.3) is 5.89 Å². The Morgan fingerprint density at radius 3 is 2.67 bits per heavy atom. The standard InChI is InChI=1S/C23H30N4O5S/c1-23(8-9-23)31-22(28)26-10-5-16(6-11-26)13-20-24-21(32-25-20)18-3-4-19-15-27(33(2,29)30)12-7-17(19)14-18/h3-4,14,16H,5-13,15H2,1-2H3. The SMILES string of the molecule is CC1(OC(=O)N2CCC(Cc3noc(-c4ccc5c(c4)CCN(S(C)(=O)=O)C5)n3)CC2)CC1. The van der Waals surface area contributed by atoms with Gasteiger partial charge < -0.3 is 14.2 Å². The van der Waals surface area contributed by atoms with Gasteiger partial charge in [0.05, 0.1) is 6.26 Å². The first-order valence-corrected chi connectivity index (χ1v) is 13.4. The van der Waals surface area contributed by atoms with Gasteiger partial charge in [-0.15, -0.1) is 0 Å². The van der Waals surface area contributed by atoms with E-state index in [0.29, 0.717) is 50.2 Å². The van der Waals surface area contributed by atoms with Crippen LogP contribution in [0.4, 0.5) is 4.79 Å². The normalized spacial score (nSPS) is 21.0. The maximum absolute atomic E-state index is 12.3. The lowest BCUT2D eigenvalue weighted by Gasteiger charge is -2.31. The van der Waals surface area contributed by atoms with E-state index in [-0.39, 0.29) is 11.7 Å². The highest BCUT2D eigenvalue weighted by atomic mass is 32.2. The Kier molecular flexibility index (Phi) is 5.68. The zero-order valence-corrected chi connectivity index (χ0v) is 19.9. The summed E-state index contributed by atoms with van der Waals surface area (Å²) in [5, 5.41) is 4.18. The first kappa shape index (κ1) is 22.3. The zero-order valence-electron chi connectivity index (χ0n) is 19.1. The van der Waals surface area contributed by atoms with Crippen LogP contribution in [0.15, 0.2) is 22.7 Å². The van der Waals surface area contributed by atoms with E-state index in [4.69, 9.17) is 9.26 Å². The van der Waals surface area contributed by atoms with Crippen molar-refractivity contribution in [3.05, 3.63) is 35.2 Å². The van der Waals surface area contributed by atoms with E-state index in [1.807, 2.05) is 25.1 Å². The lowest BCUT2D eigenvalue weighted by Crippen LogP contribution is -2.40. The second kappa shape index (κ2) is 8.39. The molecule has 5 rings (SSSR count). The third-order valence-corrected chi connectivity index (χ3v) is 8.25.